The summed E-state index contributed by atoms with van der Waals surface area (Å²) in [5.74, 6) is -0.00916. The second-order valence-corrected chi connectivity index (χ2v) is 7.68. The van der Waals surface area contributed by atoms with Crippen molar-refractivity contribution in [1.29, 1.82) is 0 Å². The van der Waals surface area contributed by atoms with Gasteiger partial charge in [0.15, 0.2) is 4.90 Å². The van der Waals surface area contributed by atoms with E-state index in [1.807, 2.05) is 0 Å². The lowest BCUT2D eigenvalue weighted by atomic mass is 10.2. The van der Waals surface area contributed by atoms with Crippen LogP contribution in [0.1, 0.15) is 16.1 Å². The first kappa shape index (κ1) is 20.8. The number of hydrogen-bond acceptors (Lipinski definition) is 8. The maximum absolute atomic E-state index is 12.7. The molecule has 0 fully saturated rings. The molecule has 12 heteroatoms. The van der Waals surface area contributed by atoms with Crippen molar-refractivity contribution in [2.24, 2.45) is 0 Å². The summed E-state index contributed by atoms with van der Waals surface area (Å²) in [6, 6.07) is 9.28. The topological polar surface area (TPSA) is 154 Å². The summed E-state index contributed by atoms with van der Waals surface area (Å²) in [7, 11) is -2.98. The van der Waals surface area contributed by atoms with Crippen LogP contribution in [0, 0.1) is 17.0 Å². The maximum atomic E-state index is 12.7. The van der Waals surface area contributed by atoms with Gasteiger partial charge in [-0.05, 0) is 37.3 Å². The standard InChI is InChI=1S/C18H16N4O7S/c1-11-15(10-19-29-11)18(23)20-12-4-3-5-13(8-12)21-30(26,27)17-7-6-14(28-2)9-16(17)22(24)25/h3-10,21H,1-2H3,(H,20,23). The van der Waals surface area contributed by atoms with Crippen molar-refractivity contribution in [3.63, 3.8) is 0 Å². The number of carbonyl (C=O) groups is 1. The highest BCUT2D eigenvalue weighted by Crippen LogP contribution is 2.30. The molecule has 0 aliphatic carbocycles. The number of nitro groups is 1. The van der Waals surface area contributed by atoms with Crippen LogP contribution in [0.2, 0.25) is 0 Å². The monoisotopic (exact) mass is 432 g/mol. The van der Waals surface area contributed by atoms with Gasteiger partial charge in [-0.15, -0.1) is 0 Å². The Kier molecular flexibility index (Phi) is 5.69. The molecule has 156 valence electrons. The number of rotatable bonds is 7. The zero-order valence-corrected chi connectivity index (χ0v) is 16.6. The number of hydrogen-bond donors (Lipinski definition) is 2. The zero-order valence-electron chi connectivity index (χ0n) is 15.8. The van der Waals surface area contributed by atoms with Crippen molar-refractivity contribution in [2.45, 2.75) is 11.8 Å². The predicted molar refractivity (Wildman–Crippen MR) is 106 cm³/mol. The first-order valence-electron chi connectivity index (χ1n) is 8.39. The van der Waals surface area contributed by atoms with Crippen LogP contribution in [0.15, 0.2) is 58.1 Å². The Morgan fingerprint density at radius 3 is 2.57 bits per heavy atom. The van der Waals surface area contributed by atoms with Gasteiger partial charge in [-0.2, -0.15) is 0 Å². The zero-order chi connectivity index (χ0) is 21.9. The SMILES string of the molecule is COc1ccc(S(=O)(=O)Nc2cccc(NC(=O)c3cnoc3C)c2)c([N+](=O)[O-])c1. The molecule has 0 atom stereocenters. The van der Waals surface area contributed by atoms with Crippen molar-refractivity contribution in [3.05, 3.63) is 70.1 Å². The van der Waals surface area contributed by atoms with Gasteiger partial charge in [0.25, 0.3) is 21.6 Å². The summed E-state index contributed by atoms with van der Waals surface area (Å²) in [5, 5.41) is 17.4. The van der Waals surface area contributed by atoms with Gasteiger partial charge >= 0.3 is 0 Å². The highest BCUT2D eigenvalue weighted by molar-refractivity contribution is 7.92. The first-order valence-corrected chi connectivity index (χ1v) is 9.87. The lowest BCUT2D eigenvalue weighted by molar-refractivity contribution is -0.387. The molecule has 0 radical (unpaired) electrons. The molecule has 3 aromatic rings. The van der Waals surface area contributed by atoms with Crippen LogP contribution in [-0.2, 0) is 10.0 Å². The van der Waals surface area contributed by atoms with Gasteiger partial charge in [-0.25, -0.2) is 8.42 Å². The van der Waals surface area contributed by atoms with Crippen molar-refractivity contribution >= 4 is 33.0 Å². The van der Waals surface area contributed by atoms with Gasteiger partial charge in [-0.1, -0.05) is 11.2 Å². The second-order valence-electron chi connectivity index (χ2n) is 6.03. The molecule has 0 saturated carbocycles. The molecule has 0 aliphatic rings. The number of aromatic nitrogens is 1. The van der Waals surface area contributed by atoms with Crippen LogP contribution in [0.5, 0.6) is 5.75 Å². The van der Waals surface area contributed by atoms with E-state index in [0.717, 1.165) is 12.1 Å². The van der Waals surface area contributed by atoms with Crippen LogP contribution < -0.4 is 14.8 Å². The highest BCUT2D eigenvalue weighted by atomic mass is 32.2. The first-order chi connectivity index (χ1) is 14.2. The van der Waals surface area contributed by atoms with Crippen LogP contribution in [0.3, 0.4) is 0 Å². The van der Waals surface area contributed by atoms with E-state index >= 15 is 0 Å². The molecule has 2 N–H and O–H groups in total. The third-order valence-corrected chi connectivity index (χ3v) is 5.45. The Labute approximate surface area is 170 Å². The summed E-state index contributed by atoms with van der Waals surface area (Å²) in [6.45, 7) is 1.58. The van der Waals surface area contributed by atoms with E-state index in [0.29, 0.717) is 11.4 Å². The van der Waals surface area contributed by atoms with Crippen molar-refractivity contribution in [3.8, 4) is 5.75 Å². The Bertz CT molecular complexity index is 1220. The average molecular weight is 432 g/mol. The molecule has 0 saturated heterocycles. The van der Waals surface area contributed by atoms with Crippen molar-refractivity contribution < 1.29 is 27.4 Å². The van der Waals surface area contributed by atoms with E-state index in [2.05, 4.69) is 15.2 Å². The smallest absolute Gasteiger partial charge is 0.293 e. The number of sulfonamides is 1. The van der Waals surface area contributed by atoms with Gasteiger partial charge in [-0.3, -0.25) is 19.6 Å². The highest BCUT2D eigenvalue weighted by Gasteiger charge is 2.27. The maximum Gasteiger partial charge on any atom is 0.293 e. The fourth-order valence-electron chi connectivity index (χ4n) is 2.58. The summed E-state index contributed by atoms with van der Waals surface area (Å²) < 4.78 is 37.5. The van der Waals surface area contributed by atoms with E-state index in [1.165, 1.54) is 37.6 Å². The summed E-state index contributed by atoms with van der Waals surface area (Å²) in [4.78, 5) is 22.2. The molecule has 0 unspecified atom stereocenters. The number of nitro benzene ring substituents is 1. The Morgan fingerprint density at radius 1 is 1.20 bits per heavy atom. The number of nitrogens with zero attached hydrogens (tertiary/aromatic N) is 2. The van der Waals surface area contributed by atoms with Crippen molar-refractivity contribution in [2.75, 3.05) is 17.1 Å². The third-order valence-electron chi connectivity index (χ3n) is 4.02. The molecule has 1 amide bonds. The summed E-state index contributed by atoms with van der Waals surface area (Å²) >= 11 is 0. The number of amides is 1. The second kappa shape index (κ2) is 8.21. The number of anilines is 2. The number of methoxy groups -OCH3 is 1. The average Bonchev–Trinajstić information content (AvgIpc) is 3.13. The lowest BCUT2D eigenvalue weighted by Crippen LogP contribution is -2.16. The molecule has 0 bridgehead atoms. The van der Waals surface area contributed by atoms with Gasteiger partial charge in [0.1, 0.15) is 17.1 Å². The van der Waals surface area contributed by atoms with Gasteiger partial charge in [0, 0.05) is 5.69 Å². The van der Waals surface area contributed by atoms with E-state index < -0.39 is 31.4 Å². The number of benzene rings is 2. The number of carbonyl (C=O) groups excluding carboxylic acids is 1. The number of ether oxygens (including phenoxy) is 1. The van der Waals surface area contributed by atoms with E-state index in [-0.39, 0.29) is 17.0 Å². The van der Waals surface area contributed by atoms with Crippen LogP contribution >= 0.6 is 0 Å². The molecule has 11 nitrogen and oxygen atoms in total. The third kappa shape index (κ3) is 4.38. The van der Waals surface area contributed by atoms with Crippen LogP contribution in [0.25, 0.3) is 0 Å². The van der Waals surface area contributed by atoms with E-state index in [4.69, 9.17) is 9.26 Å². The van der Waals surface area contributed by atoms with E-state index in [9.17, 15) is 23.3 Å². The summed E-state index contributed by atoms with van der Waals surface area (Å²) in [5.41, 5.74) is -0.00549. The molecule has 0 spiro atoms. The lowest BCUT2D eigenvalue weighted by Gasteiger charge is -2.11. The molecule has 2 aromatic carbocycles. The minimum absolute atomic E-state index is 0.0972. The molecule has 0 aliphatic heterocycles. The largest absolute Gasteiger partial charge is 0.497 e. The van der Waals surface area contributed by atoms with E-state index in [1.54, 1.807) is 13.0 Å². The molecular weight excluding hydrogens is 416 g/mol. The predicted octanol–water partition coefficient (Wildman–Crippen LogP) is 2.95. The van der Waals surface area contributed by atoms with Gasteiger partial charge < -0.3 is 14.6 Å². The fourth-order valence-corrected chi connectivity index (χ4v) is 3.78. The van der Waals surface area contributed by atoms with Gasteiger partial charge in [0.05, 0.1) is 30.0 Å². The minimum atomic E-state index is -4.29. The Morgan fingerprint density at radius 2 is 1.93 bits per heavy atom. The molecular formula is C18H16N4O7S. The molecule has 30 heavy (non-hydrogen) atoms. The normalized spacial score (nSPS) is 11.0. The number of aryl methyl sites for hydroxylation is 1. The molecule has 3 rings (SSSR count). The Balaban J connectivity index is 1.86. The number of nitrogens with one attached hydrogen (secondary N) is 2. The molecule has 1 heterocycles. The molecule has 1 aromatic heterocycles. The Hall–Kier alpha value is -3.93. The van der Waals surface area contributed by atoms with Crippen molar-refractivity contribution in [1.82, 2.24) is 5.16 Å². The minimum Gasteiger partial charge on any atom is -0.497 e. The quantitative estimate of drug-likeness (QED) is 0.427. The fraction of sp³-hybridized carbons (Fsp3) is 0.111. The van der Waals surface area contributed by atoms with Crippen LogP contribution in [-0.4, -0.2) is 31.5 Å². The van der Waals surface area contributed by atoms with Gasteiger partial charge in [0.2, 0.25) is 0 Å². The summed E-state index contributed by atoms with van der Waals surface area (Å²) in [6.07, 6.45) is 1.26. The van der Waals surface area contributed by atoms with Crippen LogP contribution in [0.4, 0.5) is 17.1 Å².